The van der Waals surface area contributed by atoms with E-state index >= 15 is 0 Å². The van der Waals surface area contributed by atoms with Gasteiger partial charge in [0.05, 0.1) is 11.7 Å². The van der Waals surface area contributed by atoms with Crippen LogP contribution in [-0.2, 0) is 6.42 Å². The molecule has 1 amide bonds. The van der Waals surface area contributed by atoms with Gasteiger partial charge in [-0.25, -0.2) is 0 Å². The average molecular weight is 362 g/mol. The molecule has 134 valence electrons. The lowest BCUT2D eigenvalue weighted by Gasteiger charge is -2.16. The standard InChI is InChI=1S/C20H24ClNO3/c1-20(2,25)12-11-14-7-9-15(10-8-14)19(24)22-13-18(23)16-5-3-4-6-17(16)21/h3-10,18,23,25H,11-13H2,1-2H3,(H,22,24)/t18-/m0/s1. The summed E-state index contributed by atoms with van der Waals surface area (Å²) in [5.41, 5.74) is 1.48. The first-order valence-electron chi connectivity index (χ1n) is 8.28. The topological polar surface area (TPSA) is 69.6 Å². The van der Waals surface area contributed by atoms with Gasteiger partial charge in [0.25, 0.3) is 5.91 Å². The molecule has 2 rings (SSSR count). The first-order valence-corrected chi connectivity index (χ1v) is 8.66. The molecule has 0 saturated carbocycles. The lowest BCUT2D eigenvalue weighted by molar-refractivity contribution is 0.0713. The Morgan fingerprint density at radius 3 is 2.40 bits per heavy atom. The van der Waals surface area contributed by atoms with Crippen LogP contribution in [0.5, 0.6) is 0 Å². The number of aryl methyl sites for hydroxylation is 1. The molecule has 0 unspecified atom stereocenters. The van der Waals surface area contributed by atoms with Crippen molar-refractivity contribution >= 4 is 17.5 Å². The van der Waals surface area contributed by atoms with Crippen LogP contribution in [0.15, 0.2) is 48.5 Å². The zero-order valence-electron chi connectivity index (χ0n) is 14.5. The van der Waals surface area contributed by atoms with Crippen LogP contribution < -0.4 is 5.32 Å². The lowest BCUT2D eigenvalue weighted by atomic mass is 9.98. The molecule has 2 aromatic carbocycles. The molecule has 1 atom stereocenters. The van der Waals surface area contributed by atoms with Crippen molar-refractivity contribution < 1.29 is 15.0 Å². The normalized spacial score (nSPS) is 12.7. The van der Waals surface area contributed by atoms with Gasteiger partial charge in [-0.1, -0.05) is 41.9 Å². The number of halogens is 1. The quantitative estimate of drug-likeness (QED) is 0.706. The van der Waals surface area contributed by atoms with Crippen LogP contribution in [0.1, 0.15) is 47.9 Å². The highest BCUT2D eigenvalue weighted by atomic mass is 35.5. The van der Waals surface area contributed by atoms with Gasteiger partial charge in [0.2, 0.25) is 0 Å². The molecule has 0 fully saturated rings. The van der Waals surface area contributed by atoms with Crippen molar-refractivity contribution in [2.45, 2.75) is 38.4 Å². The number of amides is 1. The van der Waals surface area contributed by atoms with Crippen molar-refractivity contribution in [2.75, 3.05) is 6.54 Å². The number of aliphatic hydroxyl groups excluding tert-OH is 1. The Bertz CT molecular complexity index is 708. The Morgan fingerprint density at radius 2 is 1.80 bits per heavy atom. The Balaban J connectivity index is 1.89. The van der Waals surface area contributed by atoms with Crippen molar-refractivity contribution in [3.05, 3.63) is 70.2 Å². The van der Waals surface area contributed by atoms with Gasteiger partial charge < -0.3 is 15.5 Å². The van der Waals surface area contributed by atoms with Gasteiger partial charge in [-0.15, -0.1) is 0 Å². The third-order valence-electron chi connectivity index (χ3n) is 3.96. The number of carbonyl (C=O) groups excluding carboxylic acids is 1. The van der Waals surface area contributed by atoms with Crippen LogP contribution in [0.4, 0.5) is 0 Å². The molecule has 0 aliphatic heterocycles. The van der Waals surface area contributed by atoms with Crippen LogP contribution >= 0.6 is 11.6 Å². The molecule has 0 radical (unpaired) electrons. The molecule has 2 aromatic rings. The van der Waals surface area contributed by atoms with E-state index in [2.05, 4.69) is 5.32 Å². The summed E-state index contributed by atoms with van der Waals surface area (Å²) < 4.78 is 0. The van der Waals surface area contributed by atoms with E-state index in [-0.39, 0.29) is 12.5 Å². The summed E-state index contributed by atoms with van der Waals surface area (Å²) in [5, 5.41) is 23.1. The first kappa shape index (κ1) is 19.4. The number of benzene rings is 2. The fourth-order valence-corrected chi connectivity index (χ4v) is 2.68. The summed E-state index contributed by atoms with van der Waals surface area (Å²) in [6, 6.07) is 14.3. The summed E-state index contributed by atoms with van der Waals surface area (Å²) >= 11 is 6.04. The molecule has 0 spiro atoms. The largest absolute Gasteiger partial charge is 0.390 e. The maximum atomic E-state index is 12.2. The third kappa shape index (κ3) is 6.16. The minimum absolute atomic E-state index is 0.0863. The summed E-state index contributed by atoms with van der Waals surface area (Å²) in [4.78, 5) is 12.2. The molecular formula is C20H24ClNO3. The van der Waals surface area contributed by atoms with Crippen molar-refractivity contribution in [3.63, 3.8) is 0 Å². The Hall–Kier alpha value is -1.88. The summed E-state index contributed by atoms with van der Waals surface area (Å²) in [7, 11) is 0. The summed E-state index contributed by atoms with van der Waals surface area (Å²) in [6.45, 7) is 3.64. The first-order chi connectivity index (χ1) is 11.8. The molecule has 0 aliphatic carbocycles. The van der Waals surface area contributed by atoms with Crippen molar-refractivity contribution in [1.29, 1.82) is 0 Å². The van der Waals surface area contributed by atoms with Gasteiger partial charge in [-0.05, 0) is 50.5 Å². The van der Waals surface area contributed by atoms with E-state index in [9.17, 15) is 15.0 Å². The second-order valence-corrected chi connectivity index (χ2v) is 7.16. The highest BCUT2D eigenvalue weighted by Crippen LogP contribution is 2.22. The molecule has 0 aromatic heterocycles. The van der Waals surface area contributed by atoms with E-state index in [1.54, 1.807) is 50.2 Å². The van der Waals surface area contributed by atoms with E-state index in [4.69, 9.17) is 11.6 Å². The molecule has 5 heteroatoms. The minimum atomic E-state index is -0.858. The fourth-order valence-electron chi connectivity index (χ4n) is 2.42. The van der Waals surface area contributed by atoms with Gasteiger partial charge in [0, 0.05) is 22.7 Å². The highest BCUT2D eigenvalue weighted by molar-refractivity contribution is 6.31. The Kier molecular flexibility index (Phi) is 6.59. The second kappa shape index (κ2) is 8.48. The smallest absolute Gasteiger partial charge is 0.251 e. The van der Waals surface area contributed by atoms with E-state index in [1.165, 1.54) is 0 Å². The Labute approximate surface area is 153 Å². The molecular weight excluding hydrogens is 338 g/mol. The van der Waals surface area contributed by atoms with Gasteiger partial charge in [0.1, 0.15) is 0 Å². The van der Waals surface area contributed by atoms with Crippen LogP contribution in [0.2, 0.25) is 5.02 Å². The number of hydrogen-bond donors (Lipinski definition) is 3. The van der Waals surface area contributed by atoms with Crippen LogP contribution in [0, 0.1) is 0 Å². The number of rotatable bonds is 7. The maximum absolute atomic E-state index is 12.2. The number of nitrogens with one attached hydrogen (secondary N) is 1. The second-order valence-electron chi connectivity index (χ2n) is 6.76. The average Bonchev–Trinajstić information content (AvgIpc) is 2.58. The number of aliphatic hydroxyl groups is 2. The highest BCUT2D eigenvalue weighted by Gasteiger charge is 2.14. The Morgan fingerprint density at radius 1 is 1.16 bits per heavy atom. The predicted molar refractivity (Wildman–Crippen MR) is 99.8 cm³/mol. The SMILES string of the molecule is CC(C)(O)CCc1ccc(C(=O)NC[C@H](O)c2ccccc2Cl)cc1. The van der Waals surface area contributed by atoms with Crippen molar-refractivity contribution in [3.8, 4) is 0 Å². The monoisotopic (exact) mass is 361 g/mol. The molecule has 0 bridgehead atoms. The zero-order chi connectivity index (χ0) is 18.4. The lowest BCUT2D eigenvalue weighted by Crippen LogP contribution is -2.28. The molecule has 3 N–H and O–H groups in total. The molecule has 4 nitrogen and oxygen atoms in total. The van der Waals surface area contributed by atoms with Crippen LogP contribution in [-0.4, -0.2) is 28.3 Å². The third-order valence-corrected chi connectivity index (χ3v) is 4.31. The maximum Gasteiger partial charge on any atom is 0.251 e. The van der Waals surface area contributed by atoms with Crippen molar-refractivity contribution in [1.82, 2.24) is 5.32 Å². The van der Waals surface area contributed by atoms with Crippen LogP contribution in [0.25, 0.3) is 0 Å². The number of hydrogen-bond acceptors (Lipinski definition) is 3. The molecule has 0 saturated heterocycles. The fraction of sp³-hybridized carbons (Fsp3) is 0.350. The van der Waals surface area contributed by atoms with Gasteiger partial charge >= 0.3 is 0 Å². The minimum Gasteiger partial charge on any atom is -0.390 e. The summed E-state index contributed by atoms with van der Waals surface area (Å²) in [6.07, 6.45) is 0.544. The number of carbonyl (C=O) groups is 1. The molecule has 0 heterocycles. The van der Waals surface area contributed by atoms with E-state index in [0.29, 0.717) is 22.6 Å². The zero-order valence-corrected chi connectivity index (χ0v) is 15.3. The van der Waals surface area contributed by atoms with Gasteiger partial charge in [-0.2, -0.15) is 0 Å². The predicted octanol–water partition coefficient (Wildman–Crippen LogP) is 3.51. The molecule has 0 aliphatic rings. The van der Waals surface area contributed by atoms with E-state index in [1.807, 2.05) is 12.1 Å². The van der Waals surface area contributed by atoms with Gasteiger partial charge in [-0.3, -0.25) is 4.79 Å². The van der Waals surface area contributed by atoms with Crippen molar-refractivity contribution in [2.24, 2.45) is 0 Å². The van der Waals surface area contributed by atoms with Crippen LogP contribution in [0.3, 0.4) is 0 Å². The van der Waals surface area contributed by atoms with E-state index in [0.717, 1.165) is 12.0 Å². The van der Waals surface area contributed by atoms with Gasteiger partial charge in [0.15, 0.2) is 0 Å². The molecule has 25 heavy (non-hydrogen) atoms. The summed E-state index contributed by atoms with van der Waals surface area (Å²) in [5.74, 6) is -0.250. The van der Waals surface area contributed by atoms with E-state index < -0.39 is 11.7 Å².